The number of hydrogen-bond acceptors (Lipinski definition) is 6. The molecule has 0 aliphatic heterocycles. The van der Waals surface area contributed by atoms with Gasteiger partial charge in [0.2, 0.25) is 0 Å². The Kier molecular flexibility index (Phi) is 56.0. The van der Waals surface area contributed by atoms with Crippen molar-refractivity contribution in [2.24, 2.45) is 0 Å². The third-order valence-electron chi connectivity index (χ3n) is 0. The second kappa shape index (κ2) is 24.5. The van der Waals surface area contributed by atoms with Crippen molar-refractivity contribution in [1.82, 2.24) is 8.25 Å². The van der Waals surface area contributed by atoms with Crippen molar-refractivity contribution in [2.75, 3.05) is 0 Å². The first-order valence-corrected chi connectivity index (χ1v) is 2.45. The van der Waals surface area contributed by atoms with Crippen LogP contribution in [0.15, 0.2) is 0 Å². The Morgan fingerprint density at radius 2 is 0.714 bits per heavy atom. The van der Waals surface area contributed by atoms with E-state index in [1.165, 1.54) is 0 Å². The fraction of sp³-hybridized carbons (Fsp3) is 0. The van der Waals surface area contributed by atoms with Gasteiger partial charge in [0.25, 0.3) is 0 Å². The Balaban J connectivity index is -0.0000000400. The SMILES string of the molecule is [Mo+4].[S-]N[S-].[S-]N[S-]. The molecule has 0 bridgehead atoms. The van der Waals surface area contributed by atoms with Crippen LogP contribution in [0.1, 0.15) is 0 Å². The molecule has 7 heavy (non-hydrogen) atoms. The van der Waals surface area contributed by atoms with Crippen molar-refractivity contribution in [3.05, 3.63) is 0 Å². The summed E-state index contributed by atoms with van der Waals surface area (Å²) < 4.78 is 3.83. The van der Waals surface area contributed by atoms with Crippen LogP contribution in [0, 0.1) is 0 Å². The molecule has 0 radical (unpaired) electrons. The van der Waals surface area contributed by atoms with Crippen molar-refractivity contribution in [2.45, 2.75) is 0 Å². The third kappa shape index (κ3) is 71.7. The smallest absolute Gasteiger partial charge is 0.734 e. The summed E-state index contributed by atoms with van der Waals surface area (Å²) in [5.74, 6) is 0. The summed E-state index contributed by atoms with van der Waals surface area (Å²) >= 11 is 15.8. The summed E-state index contributed by atoms with van der Waals surface area (Å²) in [7, 11) is 0. The fourth-order valence-electron chi connectivity index (χ4n) is 0. The fourth-order valence-corrected chi connectivity index (χ4v) is 0. The van der Waals surface area contributed by atoms with Gasteiger partial charge in [0.05, 0.1) is 0 Å². The molecule has 0 rings (SSSR count). The van der Waals surface area contributed by atoms with Crippen molar-refractivity contribution in [1.29, 1.82) is 0 Å². The maximum atomic E-state index is 3.96. The zero-order chi connectivity index (χ0) is 5.41. The second-order valence-corrected chi connectivity index (χ2v) is 1.50. The van der Waals surface area contributed by atoms with Crippen LogP contribution in [0.3, 0.4) is 0 Å². The Morgan fingerprint density at radius 1 is 0.714 bits per heavy atom. The Morgan fingerprint density at radius 3 is 0.714 bits per heavy atom. The molecule has 0 heterocycles. The van der Waals surface area contributed by atoms with Gasteiger partial charge in [-0.1, -0.05) is 0 Å². The largest absolute Gasteiger partial charge is 4.00 e. The van der Waals surface area contributed by atoms with E-state index < -0.39 is 0 Å². The summed E-state index contributed by atoms with van der Waals surface area (Å²) in [6.45, 7) is 0. The van der Waals surface area contributed by atoms with Crippen LogP contribution in [-0.2, 0) is 72.3 Å². The van der Waals surface area contributed by atoms with Gasteiger partial charge in [-0.2, -0.15) is 0 Å². The van der Waals surface area contributed by atoms with Crippen LogP contribution in [0.25, 0.3) is 0 Å². The first kappa shape index (κ1) is 16.0. The maximum Gasteiger partial charge on any atom is 4.00 e. The van der Waals surface area contributed by atoms with Gasteiger partial charge in [-0.05, 0) is 0 Å². The van der Waals surface area contributed by atoms with Gasteiger partial charge in [-0.3, -0.25) is 0 Å². The Hall–Kier alpha value is 2.01. The molecule has 0 aliphatic carbocycles. The molecule has 2 N–H and O–H groups in total. The summed E-state index contributed by atoms with van der Waals surface area (Å²) in [5, 5.41) is 0. The van der Waals surface area contributed by atoms with Gasteiger partial charge in [-0.15, -0.1) is 0 Å². The van der Waals surface area contributed by atoms with Gasteiger partial charge in [0, 0.05) is 0 Å². The quantitative estimate of drug-likeness (QED) is 0.425. The molecule has 0 saturated heterocycles. The van der Waals surface area contributed by atoms with E-state index in [1.54, 1.807) is 0 Å². The average Bonchev–Trinajstić information content (AvgIpc) is 1.39. The van der Waals surface area contributed by atoms with Crippen LogP contribution < -0.4 is 8.25 Å². The molecule has 0 spiro atoms. The first-order chi connectivity index (χ1) is 2.83. The van der Waals surface area contributed by atoms with Crippen molar-refractivity contribution in [3.63, 3.8) is 0 Å². The average molecular weight is 254 g/mol. The van der Waals surface area contributed by atoms with Gasteiger partial charge >= 0.3 is 21.1 Å². The molecule has 0 atom stereocenters. The van der Waals surface area contributed by atoms with Crippen LogP contribution in [0.5, 0.6) is 0 Å². The number of rotatable bonds is 0. The third-order valence-corrected chi connectivity index (χ3v) is 0. The van der Waals surface area contributed by atoms with Gasteiger partial charge < -0.3 is 59.5 Å². The number of hydrogen-bond donors (Lipinski definition) is 2. The minimum atomic E-state index is 0. The first-order valence-electron chi connectivity index (χ1n) is 0.816. The van der Waals surface area contributed by atoms with Crippen LogP contribution in [0.4, 0.5) is 0 Å². The van der Waals surface area contributed by atoms with Crippen LogP contribution in [-0.4, -0.2) is 0 Å². The topological polar surface area (TPSA) is 24.1 Å². The van der Waals surface area contributed by atoms with E-state index in [0.29, 0.717) is 0 Å². The summed E-state index contributed by atoms with van der Waals surface area (Å²) in [6, 6.07) is 0. The van der Waals surface area contributed by atoms with Gasteiger partial charge in [-0.25, -0.2) is 0 Å². The second-order valence-electron chi connectivity index (χ2n) is 0.167. The maximum absolute atomic E-state index is 3.96. The summed E-state index contributed by atoms with van der Waals surface area (Å²) in [4.78, 5) is 0. The molecule has 0 aromatic carbocycles. The van der Waals surface area contributed by atoms with E-state index in [9.17, 15) is 0 Å². The molecule has 0 fully saturated rings. The Bertz CT molecular complexity index is 11.7. The molecular weight excluding hydrogens is 252 g/mol. The van der Waals surface area contributed by atoms with E-state index in [4.69, 9.17) is 0 Å². The zero-order valence-corrected chi connectivity index (χ0v) is 8.31. The monoisotopic (exact) mass is 256 g/mol. The minimum absolute atomic E-state index is 0. The van der Waals surface area contributed by atoms with E-state index in [-0.39, 0.29) is 21.1 Å². The van der Waals surface area contributed by atoms with Gasteiger partial charge in [0.15, 0.2) is 0 Å². The standard InChI is InChI=1S/Mo.2HNS2/c;2*2-1-3/h;2*1H/q+4;2*-2. The predicted octanol–water partition coefficient (Wildman–Crippen LogP) is -1.00. The normalized spacial score (nSPS) is 5.14. The predicted molar refractivity (Wildman–Crippen MR) is 35.7 cm³/mol. The molecule has 0 aliphatic rings. The van der Waals surface area contributed by atoms with E-state index in [1.807, 2.05) is 8.25 Å². The van der Waals surface area contributed by atoms with E-state index >= 15 is 0 Å². The molecule has 0 amide bonds. The molecule has 0 aromatic rings. The molecule has 0 aromatic heterocycles. The zero-order valence-electron chi connectivity index (χ0n) is 3.04. The molecule has 2 nitrogen and oxygen atoms in total. The molecule has 0 saturated carbocycles. The van der Waals surface area contributed by atoms with Crippen molar-refractivity contribution < 1.29 is 21.1 Å². The molecule has 42 valence electrons. The Labute approximate surface area is 80.0 Å². The molecular formula is H2MoN2S4. The van der Waals surface area contributed by atoms with Crippen molar-refractivity contribution >= 4 is 51.3 Å². The van der Waals surface area contributed by atoms with Gasteiger partial charge in [0.1, 0.15) is 0 Å². The molecule has 0 unspecified atom stereocenters. The van der Waals surface area contributed by atoms with Crippen LogP contribution >= 0.6 is 0 Å². The summed E-state index contributed by atoms with van der Waals surface area (Å²) in [6.07, 6.45) is 0. The van der Waals surface area contributed by atoms with E-state index in [2.05, 4.69) is 51.3 Å². The number of nitrogens with one attached hydrogen (secondary N) is 2. The summed E-state index contributed by atoms with van der Waals surface area (Å²) in [5.41, 5.74) is 0. The van der Waals surface area contributed by atoms with Crippen molar-refractivity contribution in [3.8, 4) is 0 Å². The van der Waals surface area contributed by atoms with E-state index in [0.717, 1.165) is 0 Å². The minimum Gasteiger partial charge on any atom is -0.734 e. The van der Waals surface area contributed by atoms with Crippen LogP contribution in [0.2, 0.25) is 0 Å². The molecule has 7 heteroatoms.